The third kappa shape index (κ3) is 9.54. The Morgan fingerprint density at radius 3 is 1.87 bits per heavy atom. The third-order valence-electron chi connectivity index (χ3n) is 6.78. The van der Waals surface area contributed by atoms with Crippen molar-refractivity contribution in [3.63, 3.8) is 0 Å². The van der Waals surface area contributed by atoms with Crippen LogP contribution in [0.3, 0.4) is 0 Å². The summed E-state index contributed by atoms with van der Waals surface area (Å²) in [7, 11) is 1.84. The zero-order chi connectivity index (χ0) is 34.8. The largest absolute Gasteiger partial charge is 0.490 e. The van der Waals surface area contributed by atoms with Crippen LogP contribution in [0.1, 0.15) is 61.9 Å². The van der Waals surface area contributed by atoms with E-state index in [2.05, 4.69) is 30.4 Å². The van der Waals surface area contributed by atoms with Crippen LogP contribution in [0.25, 0.3) is 22.8 Å². The average molecular weight is 676 g/mol. The molecule has 3 saturated carbocycles. The Morgan fingerprint density at radius 2 is 1.45 bits per heavy atom. The lowest BCUT2D eigenvalue weighted by Crippen LogP contribution is -2.21. The monoisotopic (exact) mass is 675 g/mol. The first-order valence-corrected chi connectivity index (χ1v) is 13.6. The Hall–Kier alpha value is -4.92. The summed E-state index contributed by atoms with van der Waals surface area (Å²) < 4.78 is 75.6. The van der Waals surface area contributed by atoms with Gasteiger partial charge in [0.25, 0.3) is 5.89 Å². The van der Waals surface area contributed by atoms with Crippen molar-refractivity contribution in [2.45, 2.75) is 67.9 Å². The lowest BCUT2D eigenvalue weighted by atomic mass is 10.1. The lowest BCUT2D eigenvalue weighted by molar-refractivity contribution is -0.193. The number of aryl methyl sites for hydroxylation is 1. The summed E-state index contributed by atoms with van der Waals surface area (Å²) in [6, 6.07) is 3.92. The number of carboxylic acid groups (broad SMARTS) is 2. The van der Waals surface area contributed by atoms with Crippen molar-refractivity contribution in [2.75, 3.05) is 0 Å². The molecule has 0 amide bonds. The van der Waals surface area contributed by atoms with Crippen LogP contribution in [-0.4, -0.2) is 69.6 Å². The Balaban J connectivity index is 0.000000156. The Labute approximate surface area is 259 Å². The van der Waals surface area contributed by atoms with Gasteiger partial charge in [-0.1, -0.05) is 10.3 Å². The number of hydrogen-bond acceptors (Lipinski definition) is 12. The van der Waals surface area contributed by atoms with Crippen LogP contribution in [0.4, 0.5) is 26.3 Å². The maximum Gasteiger partial charge on any atom is 0.490 e. The summed E-state index contributed by atoms with van der Waals surface area (Å²) in [6.07, 6.45) is 1.36. The number of carbonyl (C=O) groups is 2. The zero-order valence-corrected chi connectivity index (χ0v) is 24.3. The standard InChI is InChI=1S/C13H14N4O.C9H11N5O.2C2HF3O2/c14-13(5-6-13)10-4-3-9(7-15-10)12-16-11(17-18-12)8-1-2-8;1-14-5-6(4-11-14)7-12-8(15-13-7)9(10)2-3-9;2*3-2(4,5)1(6)7/h3-4,7-8H,1-2,5-6,14H2;4-5H,2-3,10H2,1H3;2*(H,6,7). The molecular formula is C26H27F6N9O6. The highest BCUT2D eigenvalue weighted by atomic mass is 19.4. The van der Waals surface area contributed by atoms with Gasteiger partial charge in [0.2, 0.25) is 11.7 Å². The highest BCUT2D eigenvalue weighted by Crippen LogP contribution is 2.43. The van der Waals surface area contributed by atoms with Crippen molar-refractivity contribution in [1.82, 2.24) is 35.0 Å². The minimum atomic E-state index is -5.08. The topological polar surface area (TPSA) is 235 Å². The molecule has 3 aliphatic carbocycles. The van der Waals surface area contributed by atoms with Crippen molar-refractivity contribution < 1.29 is 55.2 Å². The molecule has 0 saturated heterocycles. The van der Waals surface area contributed by atoms with Gasteiger partial charge in [0.15, 0.2) is 5.82 Å². The van der Waals surface area contributed by atoms with Crippen molar-refractivity contribution >= 4 is 11.9 Å². The number of aliphatic carboxylic acids is 2. The number of nitrogens with zero attached hydrogens (tertiary/aromatic N) is 7. The quantitative estimate of drug-likeness (QED) is 0.221. The molecule has 21 heteroatoms. The van der Waals surface area contributed by atoms with Gasteiger partial charge >= 0.3 is 24.3 Å². The normalized spacial score (nSPS) is 17.1. The first-order valence-electron chi connectivity index (χ1n) is 13.6. The molecular weight excluding hydrogens is 648 g/mol. The Bertz CT molecular complexity index is 1660. The highest BCUT2D eigenvalue weighted by molar-refractivity contribution is 5.73. The van der Waals surface area contributed by atoms with E-state index in [1.54, 1.807) is 17.1 Å². The highest BCUT2D eigenvalue weighted by Gasteiger charge is 2.46. The van der Waals surface area contributed by atoms with Gasteiger partial charge in [-0.2, -0.15) is 41.4 Å². The molecule has 6 N–H and O–H groups in total. The van der Waals surface area contributed by atoms with E-state index >= 15 is 0 Å². The molecule has 3 aliphatic rings. The van der Waals surface area contributed by atoms with Crippen LogP contribution in [0, 0.1) is 0 Å². The van der Waals surface area contributed by atoms with E-state index in [-0.39, 0.29) is 11.1 Å². The van der Waals surface area contributed by atoms with Crippen molar-refractivity contribution in [3.8, 4) is 22.8 Å². The van der Waals surface area contributed by atoms with Gasteiger partial charge in [-0.3, -0.25) is 9.67 Å². The maximum absolute atomic E-state index is 10.6. The zero-order valence-electron chi connectivity index (χ0n) is 24.3. The molecule has 0 aliphatic heterocycles. The smallest absolute Gasteiger partial charge is 0.475 e. The number of hydrogen-bond donors (Lipinski definition) is 4. The van der Waals surface area contributed by atoms with Gasteiger partial charge in [-0.05, 0) is 50.7 Å². The number of alkyl halides is 6. The van der Waals surface area contributed by atoms with E-state index in [9.17, 15) is 26.3 Å². The SMILES string of the molecule is Cn1cc(-c2noc(C3(N)CC3)n2)cn1.NC1(c2ccc(-c3nc(C4CC4)no3)cn2)CC1.O=C(O)C(F)(F)F.O=C(O)C(F)(F)F. The fraction of sp³-hybridized carbons (Fsp3) is 0.462. The molecule has 0 unspecified atom stereocenters. The van der Waals surface area contributed by atoms with Gasteiger partial charge in [-0.15, -0.1) is 0 Å². The average Bonchev–Trinajstić information content (AvgIpc) is 3.96. The molecule has 0 aromatic carbocycles. The van der Waals surface area contributed by atoms with Crippen molar-refractivity contribution in [3.05, 3.63) is 48.1 Å². The molecule has 0 radical (unpaired) electrons. The molecule has 4 heterocycles. The van der Waals surface area contributed by atoms with Gasteiger partial charge in [0.1, 0.15) is 0 Å². The second-order valence-corrected chi connectivity index (χ2v) is 10.9. The molecule has 3 fully saturated rings. The minimum absolute atomic E-state index is 0.188. The van der Waals surface area contributed by atoms with E-state index in [1.807, 2.05) is 25.4 Å². The third-order valence-corrected chi connectivity index (χ3v) is 6.78. The lowest BCUT2D eigenvalue weighted by Gasteiger charge is -2.06. The van der Waals surface area contributed by atoms with E-state index in [0.717, 1.165) is 48.3 Å². The molecule has 254 valence electrons. The summed E-state index contributed by atoms with van der Waals surface area (Å²) in [5.74, 6) is -2.55. The van der Waals surface area contributed by atoms with Crippen LogP contribution < -0.4 is 11.5 Å². The molecule has 47 heavy (non-hydrogen) atoms. The maximum atomic E-state index is 10.6. The van der Waals surface area contributed by atoms with Crippen LogP contribution >= 0.6 is 0 Å². The Kier molecular flexibility index (Phi) is 9.71. The fourth-order valence-corrected chi connectivity index (χ4v) is 3.49. The number of pyridine rings is 1. The van der Waals surface area contributed by atoms with Crippen LogP contribution in [-0.2, 0) is 27.7 Å². The van der Waals surface area contributed by atoms with Gasteiger partial charge in [0.05, 0.1) is 34.1 Å². The second kappa shape index (κ2) is 13.1. The molecule has 0 bridgehead atoms. The number of rotatable bonds is 5. The molecule has 0 spiro atoms. The number of halogens is 6. The number of carboxylic acids is 2. The summed E-state index contributed by atoms with van der Waals surface area (Å²) in [4.78, 5) is 30.9. The molecule has 4 aromatic heterocycles. The van der Waals surface area contributed by atoms with E-state index in [4.69, 9.17) is 40.3 Å². The van der Waals surface area contributed by atoms with Crippen LogP contribution in [0.2, 0.25) is 0 Å². The van der Waals surface area contributed by atoms with Crippen molar-refractivity contribution in [2.24, 2.45) is 18.5 Å². The van der Waals surface area contributed by atoms with Crippen LogP contribution in [0.15, 0.2) is 39.8 Å². The summed E-state index contributed by atoms with van der Waals surface area (Å²) in [6.45, 7) is 0. The first kappa shape index (κ1) is 34.9. The van der Waals surface area contributed by atoms with E-state index in [1.165, 1.54) is 12.8 Å². The predicted octanol–water partition coefficient (Wildman–Crippen LogP) is 3.64. The molecule has 15 nitrogen and oxygen atoms in total. The molecule has 4 aromatic rings. The van der Waals surface area contributed by atoms with E-state index < -0.39 is 24.3 Å². The van der Waals surface area contributed by atoms with Crippen molar-refractivity contribution in [1.29, 1.82) is 0 Å². The van der Waals surface area contributed by atoms with Gasteiger partial charge < -0.3 is 30.7 Å². The molecule has 7 rings (SSSR count). The van der Waals surface area contributed by atoms with Gasteiger partial charge in [-0.25, -0.2) is 9.59 Å². The summed E-state index contributed by atoms with van der Waals surface area (Å²) >= 11 is 0. The molecule has 0 atom stereocenters. The Morgan fingerprint density at radius 1 is 0.872 bits per heavy atom. The predicted molar refractivity (Wildman–Crippen MR) is 144 cm³/mol. The minimum Gasteiger partial charge on any atom is -0.475 e. The number of nitrogens with two attached hydrogens (primary N) is 2. The summed E-state index contributed by atoms with van der Waals surface area (Å²) in [5.41, 5.74) is 14.1. The second-order valence-electron chi connectivity index (χ2n) is 10.9. The fourth-order valence-electron chi connectivity index (χ4n) is 3.49. The van der Waals surface area contributed by atoms with Crippen LogP contribution in [0.5, 0.6) is 0 Å². The number of aromatic nitrogens is 7. The van der Waals surface area contributed by atoms with Gasteiger partial charge in [0, 0.05) is 25.4 Å². The summed E-state index contributed by atoms with van der Waals surface area (Å²) in [5, 5.41) is 26.2. The van der Waals surface area contributed by atoms with E-state index in [0.29, 0.717) is 23.5 Å². The first-order chi connectivity index (χ1) is 21.8.